The third-order valence-electron chi connectivity index (χ3n) is 6.31. The molecule has 4 heterocycles. The fraction of sp³-hybridized carbons (Fsp3) is 0.500. The highest BCUT2D eigenvalue weighted by atomic mass is 19.1. The van der Waals surface area contributed by atoms with Gasteiger partial charge in [-0.3, -0.25) is 4.79 Å². The lowest BCUT2D eigenvalue weighted by Gasteiger charge is -2.24. The zero-order valence-electron chi connectivity index (χ0n) is 18.1. The van der Waals surface area contributed by atoms with Crippen molar-refractivity contribution in [2.45, 2.75) is 57.2 Å². The monoisotopic (exact) mass is 427 g/mol. The van der Waals surface area contributed by atoms with Crippen molar-refractivity contribution in [3.8, 4) is 5.75 Å². The molecule has 9 heteroatoms. The van der Waals surface area contributed by atoms with Crippen LogP contribution in [0.3, 0.4) is 0 Å². The Bertz CT molecular complexity index is 1150. The number of pyridine rings is 1. The number of aromatic nitrogens is 4. The van der Waals surface area contributed by atoms with Gasteiger partial charge in [-0.05, 0) is 40.0 Å². The van der Waals surface area contributed by atoms with Crippen molar-refractivity contribution in [3.63, 3.8) is 0 Å². The van der Waals surface area contributed by atoms with Crippen LogP contribution in [0.4, 0.5) is 10.2 Å². The molecule has 5 rings (SSSR count). The number of aryl methyl sites for hydroxylation is 1. The Morgan fingerprint density at radius 2 is 2.13 bits per heavy atom. The molecule has 31 heavy (non-hydrogen) atoms. The van der Waals surface area contributed by atoms with Crippen LogP contribution in [-0.2, 0) is 17.2 Å². The number of carbonyl (C=O) groups excluding carboxylic acids is 1. The van der Waals surface area contributed by atoms with Gasteiger partial charge in [0.15, 0.2) is 5.82 Å². The van der Waals surface area contributed by atoms with Crippen molar-refractivity contribution >= 4 is 17.4 Å². The summed E-state index contributed by atoms with van der Waals surface area (Å²) in [5.74, 6) is -0.406. The van der Waals surface area contributed by atoms with Gasteiger partial charge in [-0.15, -0.1) is 0 Å². The molecule has 1 saturated carbocycles. The van der Waals surface area contributed by atoms with Gasteiger partial charge in [0.2, 0.25) is 5.95 Å². The van der Waals surface area contributed by atoms with Crippen LogP contribution in [-0.4, -0.2) is 43.4 Å². The highest BCUT2D eigenvalue weighted by Gasteiger charge is 2.55. The topological polar surface area (TPSA) is 82.7 Å². The maximum atomic E-state index is 13.6. The average Bonchev–Trinajstić information content (AvgIpc) is 3.42. The van der Waals surface area contributed by atoms with E-state index in [0.29, 0.717) is 23.6 Å². The van der Waals surface area contributed by atoms with Crippen LogP contribution in [0, 0.1) is 5.95 Å². The van der Waals surface area contributed by atoms with E-state index in [9.17, 15) is 9.18 Å². The van der Waals surface area contributed by atoms with Gasteiger partial charge in [-0.1, -0.05) is 0 Å². The molecule has 1 aliphatic carbocycles. The molecule has 3 aromatic heterocycles. The highest BCUT2D eigenvalue weighted by molar-refractivity contribution is 6.05. The number of rotatable bonds is 5. The molecule has 2 atom stereocenters. The largest absolute Gasteiger partial charge is 0.490 e. The van der Waals surface area contributed by atoms with Crippen LogP contribution < -0.4 is 10.1 Å². The molecule has 2 aliphatic rings. The van der Waals surface area contributed by atoms with Gasteiger partial charge in [-0.2, -0.15) is 9.49 Å². The molecule has 164 valence electrons. The number of amides is 1. The number of nitrogens with zero attached hydrogens (tertiary/aromatic N) is 4. The Morgan fingerprint density at radius 3 is 2.71 bits per heavy atom. The fourth-order valence-electron chi connectivity index (χ4n) is 4.73. The minimum atomic E-state index is -0.537. The first kappa shape index (κ1) is 20.0. The number of ether oxygens (including phenoxy) is 2. The molecule has 1 saturated heterocycles. The highest BCUT2D eigenvalue weighted by Crippen LogP contribution is 2.53. The SMILES string of the molecule is CC(C)Oc1cc2nc([C@@]34CC[C@@](C)(C3)OC4)cn2cc1C(=O)Nc1cc(F)n(C)n1. The lowest BCUT2D eigenvalue weighted by molar-refractivity contribution is -0.00627. The Hall–Kier alpha value is -2.94. The second kappa shape index (κ2) is 6.78. The number of fused-ring (bicyclic) bond motifs is 3. The summed E-state index contributed by atoms with van der Waals surface area (Å²) in [5, 5.41) is 6.60. The van der Waals surface area contributed by atoms with Crippen molar-refractivity contribution in [2.24, 2.45) is 7.05 Å². The van der Waals surface area contributed by atoms with Gasteiger partial charge in [0, 0.05) is 37.0 Å². The van der Waals surface area contributed by atoms with Crippen LogP contribution in [0.5, 0.6) is 5.75 Å². The first-order chi connectivity index (χ1) is 14.7. The van der Waals surface area contributed by atoms with Gasteiger partial charge >= 0.3 is 0 Å². The summed E-state index contributed by atoms with van der Waals surface area (Å²) in [6.07, 6.45) is 6.58. The number of anilines is 1. The van der Waals surface area contributed by atoms with Crippen molar-refractivity contribution < 1.29 is 18.7 Å². The number of nitrogens with one attached hydrogen (secondary N) is 1. The van der Waals surface area contributed by atoms with Crippen molar-refractivity contribution in [2.75, 3.05) is 11.9 Å². The van der Waals surface area contributed by atoms with Crippen molar-refractivity contribution in [1.82, 2.24) is 19.2 Å². The third kappa shape index (κ3) is 3.37. The molecule has 1 amide bonds. The summed E-state index contributed by atoms with van der Waals surface area (Å²) in [4.78, 5) is 17.9. The summed E-state index contributed by atoms with van der Waals surface area (Å²) in [6.45, 7) is 6.62. The fourth-order valence-corrected chi connectivity index (χ4v) is 4.73. The second-order valence-corrected chi connectivity index (χ2v) is 9.24. The van der Waals surface area contributed by atoms with E-state index in [4.69, 9.17) is 14.5 Å². The Labute approximate surface area is 179 Å². The molecular formula is C22H26FN5O3. The van der Waals surface area contributed by atoms with Crippen LogP contribution >= 0.6 is 0 Å². The van der Waals surface area contributed by atoms with Gasteiger partial charge in [0.05, 0.1) is 29.6 Å². The van der Waals surface area contributed by atoms with E-state index >= 15 is 0 Å². The first-order valence-corrected chi connectivity index (χ1v) is 10.5. The average molecular weight is 427 g/mol. The van der Waals surface area contributed by atoms with Crippen LogP contribution in [0.1, 0.15) is 56.1 Å². The maximum absolute atomic E-state index is 13.6. The van der Waals surface area contributed by atoms with E-state index in [2.05, 4.69) is 17.3 Å². The first-order valence-electron chi connectivity index (χ1n) is 10.5. The third-order valence-corrected chi connectivity index (χ3v) is 6.31. The molecule has 2 fully saturated rings. The Kier molecular flexibility index (Phi) is 4.37. The normalized spacial score (nSPS) is 25.0. The van der Waals surface area contributed by atoms with E-state index in [1.165, 1.54) is 13.1 Å². The number of halogens is 1. The number of imidazole rings is 1. The van der Waals surface area contributed by atoms with E-state index in [1.54, 1.807) is 12.3 Å². The predicted octanol–water partition coefficient (Wildman–Crippen LogP) is 3.46. The van der Waals surface area contributed by atoms with E-state index < -0.39 is 11.9 Å². The minimum Gasteiger partial charge on any atom is -0.490 e. The summed E-state index contributed by atoms with van der Waals surface area (Å²) >= 11 is 0. The number of hydrogen-bond acceptors (Lipinski definition) is 5. The van der Waals surface area contributed by atoms with Gasteiger partial charge < -0.3 is 19.2 Å². The smallest absolute Gasteiger partial charge is 0.262 e. The number of carbonyl (C=O) groups is 1. The Morgan fingerprint density at radius 1 is 1.32 bits per heavy atom. The van der Waals surface area contributed by atoms with E-state index in [1.807, 2.05) is 24.4 Å². The standard InChI is InChI=1S/C22H26FN5O3/c1-13(2)31-15-7-19-24-16(22-6-5-21(3,11-22)30-12-22)10-28(19)9-14(15)20(29)25-18-8-17(23)27(4)26-18/h7-10,13H,5-6,11-12H2,1-4H3,(H,25,26,29)/t21-,22-/m0/s1. The van der Waals surface area contributed by atoms with Gasteiger partial charge in [0.25, 0.3) is 5.91 Å². The van der Waals surface area contributed by atoms with Gasteiger partial charge in [0.1, 0.15) is 11.4 Å². The van der Waals surface area contributed by atoms with Crippen molar-refractivity contribution in [1.29, 1.82) is 0 Å². The summed E-state index contributed by atoms with van der Waals surface area (Å²) in [6, 6.07) is 2.95. The molecule has 3 aromatic rings. The van der Waals surface area contributed by atoms with Crippen LogP contribution in [0.15, 0.2) is 24.5 Å². The molecular weight excluding hydrogens is 401 g/mol. The van der Waals surface area contributed by atoms with Crippen LogP contribution in [0.2, 0.25) is 0 Å². The molecule has 0 radical (unpaired) electrons. The molecule has 0 unspecified atom stereocenters. The maximum Gasteiger partial charge on any atom is 0.262 e. The summed E-state index contributed by atoms with van der Waals surface area (Å²) in [5.41, 5.74) is 1.88. The van der Waals surface area contributed by atoms with E-state index in [-0.39, 0.29) is 22.9 Å². The predicted molar refractivity (Wildman–Crippen MR) is 112 cm³/mol. The molecule has 2 bridgehead atoms. The Balaban J connectivity index is 1.52. The summed E-state index contributed by atoms with van der Waals surface area (Å²) < 4.78 is 28.5. The minimum absolute atomic E-state index is 0.0648. The summed E-state index contributed by atoms with van der Waals surface area (Å²) in [7, 11) is 1.47. The molecule has 1 aliphatic heterocycles. The van der Waals surface area contributed by atoms with E-state index in [0.717, 1.165) is 29.6 Å². The number of hydrogen-bond donors (Lipinski definition) is 1. The quantitative estimate of drug-likeness (QED) is 0.674. The van der Waals surface area contributed by atoms with Crippen molar-refractivity contribution in [3.05, 3.63) is 41.7 Å². The molecule has 0 spiro atoms. The van der Waals surface area contributed by atoms with Gasteiger partial charge in [-0.25, -0.2) is 9.67 Å². The van der Waals surface area contributed by atoms with Crippen LogP contribution in [0.25, 0.3) is 5.65 Å². The molecule has 0 aromatic carbocycles. The molecule has 1 N–H and O–H groups in total. The second-order valence-electron chi connectivity index (χ2n) is 9.24. The zero-order chi connectivity index (χ0) is 22.0. The lowest BCUT2D eigenvalue weighted by atomic mass is 9.84. The lowest BCUT2D eigenvalue weighted by Crippen LogP contribution is -2.26. The zero-order valence-corrected chi connectivity index (χ0v) is 18.1. The molecule has 8 nitrogen and oxygen atoms in total.